The van der Waals surface area contributed by atoms with Gasteiger partial charge in [0.25, 0.3) is 0 Å². The van der Waals surface area contributed by atoms with Crippen LogP contribution < -0.4 is 0 Å². The van der Waals surface area contributed by atoms with Crippen molar-refractivity contribution in [3.63, 3.8) is 0 Å². The number of carboxylic acid groups (broad SMARTS) is 1. The van der Waals surface area contributed by atoms with Crippen LogP contribution in [0, 0.1) is 0 Å². The molecule has 0 unspecified atom stereocenters. The Morgan fingerprint density at radius 2 is 2.50 bits per heavy atom. The van der Waals surface area contributed by atoms with Gasteiger partial charge in [-0.2, -0.15) is 0 Å². The smallest absolute Gasteiger partial charge is 0.337 e. The quantitative estimate of drug-likeness (QED) is 0.821. The van der Waals surface area contributed by atoms with E-state index in [4.69, 9.17) is 5.11 Å². The number of aromatic nitrogens is 3. The first-order chi connectivity index (χ1) is 6.75. The molecule has 0 amide bonds. The van der Waals surface area contributed by atoms with Crippen LogP contribution in [0.15, 0.2) is 24.7 Å². The van der Waals surface area contributed by atoms with E-state index in [1.807, 2.05) is 0 Å². The number of carbonyl (C=O) groups is 1. The number of nitrogens with zero attached hydrogens (tertiary/aromatic N) is 3. The number of hydrogen-bond donors (Lipinski definition) is 1. The molecule has 0 spiro atoms. The van der Waals surface area contributed by atoms with Crippen molar-refractivity contribution in [1.82, 2.24) is 14.2 Å². The van der Waals surface area contributed by atoms with E-state index in [1.165, 1.54) is 11.5 Å². The van der Waals surface area contributed by atoms with E-state index in [-0.39, 0.29) is 0 Å². The first kappa shape index (κ1) is 8.89. The molecule has 2 rings (SSSR count). The van der Waals surface area contributed by atoms with E-state index in [0.717, 1.165) is 4.88 Å². The molecule has 2 aromatic rings. The first-order valence-electron chi connectivity index (χ1n) is 3.91. The zero-order valence-electron chi connectivity index (χ0n) is 7.12. The van der Waals surface area contributed by atoms with Crippen molar-refractivity contribution in [2.75, 3.05) is 0 Å². The SMILES string of the molecule is O=C(O)c1ccn(Cc2cnns2)c1. The van der Waals surface area contributed by atoms with Gasteiger partial charge < -0.3 is 9.67 Å². The lowest BCUT2D eigenvalue weighted by Gasteiger charge is -1.96. The Labute approximate surface area is 83.8 Å². The molecule has 0 bridgehead atoms. The van der Waals surface area contributed by atoms with Gasteiger partial charge in [-0.15, -0.1) is 5.10 Å². The van der Waals surface area contributed by atoms with Gasteiger partial charge in [-0.25, -0.2) is 4.79 Å². The van der Waals surface area contributed by atoms with E-state index in [1.54, 1.807) is 29.2 Å². The molecule has 0 aromatic carbocycles. The standard InChI is InChI=1S/C8H7N3O2S/c12-8(13)6-1-2-11(4-6)5-7-3-9-10-14-7/h1-4H,5H2,(H,12,13). The number of carboxylic acids is 1. The van der Waals surface area contributed by atoms with Gasteiger partial charge >= 0.3 is 5.97 Å². The van der Waals surface area contributed by atoms with Crippen molar-refractivity contribution in [3.05, 3.63) is 35.1 Å². The number of aromatic carboxylic acids is 1. The molecule has 5 nitrogen and oxygen atoms in total. The Kier molecular flexibility index (Phi) is 2.28. The Balaban J connectivity index is 2.14. The highest BCUT2D eigenvalue weighted by Gasteiger charge is 2.05. The van der Waals surface area contributed by atoms with Crippen molar-refractivity contribution in [1.29, 1.82) is 0 Å². The summed E-state index contributed by atoms with van der Waals surface area (Å²) < 4.78 is 5.51. The largest absolute Gasteiger partial charge is 0.478 e. The third-order valence-electron chi connectivity index (χ3n) is 1.74. The summed E-state index contributed by atoms with van der Waals surface area (Å²) in [5.41, 5.74) is 0.294. The van der Waals surface area contributed by atoms with Gasteiger partial charge in [0.15, 0.2) is 0 Å². The minimum absolute atomic E-state index is 0.294. The van der Waals surface area contributed by atoms with Crippen LogP contribution in [0.4, 0.5) is 0 Å². The third-order valence-corrected chi connectivity index (χ3v) is 2.39. The van der Waals surface area contributed by atoms with Crippen molar-refractivity contribution in [2.24, 2.45) is 0 Å². The fourth-order valence-electron chi connectivity index (χ4n) is 1.10. The second kappa shape index (κ2) is 3.59. The van der Waals surface area contributed by atoms with E-state index >= 15 is 0 Å². The van der Waals surface area contributed by atoms with Crippen LogP contribution in [-0.4, -0.2) is 25.2 Å². The van der Waals surface area contributed by atoms with Crippen LogP contribution in [-0.2, 0) is 6.54 Å². The van der Waals surface area contributed by atoms with Gasteiger partial charge in [-0.1, -0.05) is 4.49 Å². The molecule has 0 saturated carbocycles. The maximum Gasteiger partial charge on any atom is 0.337 e. The third kappa shape index (κ3) is 1.80. The summed E-state index contributed by atoms with van der Waals surface area (Å²) in [4.78, 5) is 11.6. The van der Waals surface area contributed by atoms with Crippen LogP contribution in [0.5, 0.6) is 0 Å². The van der Waals surface area contributed by atoms with Gasteiger partial charge in [0.2, 0.25) is 0 Å². The molecule has 0 fully saturated rings. The predicted molar refractivity (Wildman–Crippen MR) is 50.4 cm³/mol. The summed E-state index contributed by atoms with van der Waals surface area (Å²) in [5.74, 6) is -0.911. The van der Waals surface area contributed by atoms with Gasteiger partial charge in [-0.3, -0.25) is 0 Å². The van der Waals surface area contributed by atoms with Crippen LogP contribution in [0.3, 0.4) is 0 Å². The lowest BCUT2D eigenvalue weighted by atomic mass is 10.4. The maximum absolute atomic E-state index is 10.6. The fraction of sp³-hybridized carbons (Fsp3) is 0.125. The molecule has 14 heavy (non-hydrogen) atoms. The highest BCUT2D eigenvalue weighted by atomic mass is 32.1. The predicted octanol–water partition coefficient (Wildman–Crippen LogP) is 1.09. The Morgan fingerprint density at radius 3 is 3.07 bits per heavy atom. The zero-order valence-corrected chi connectivity index (χ0v) is 7.94. The van der Waals surface area contributed by atoms with Crippen LogP contribution in [0.25, 0.3) is 0 Å². The highest BCUT2D eigenvalue weighted by molar-refractivity contribution is 7.05. The Morgan fingerprint density at radius 1 is 1.64 bits per heavy atom. The van der Waals surface area contributed by atoms with Crippen LogP contribution in [0.2, 0.25) is 0 Å². The molecule has 1 N–H and O–H groups in total. The second-order valence-corrected chi connectivity index (χ2v) is 3.63. The molecule has 0 aliphatic carbocycles. The molecular weight excluding hydrogens is 202 g/mol. The molecule has 0 radical (unpaired) electrons. The molecule has 2 aromatic heterocycles. The summed E-state index contributed by atoms with van der Waals surface area (Å²) in [6.45, 7) is 0.616. The molecule has 0 saturated heterocycles. The van der Waals surface area contributed by atoms with Gasteiger partial charge in [0.1, 0.15) is 0 Å². The topological polar surface area (TPSA) is 68.0 Å². The molecule has 6 heteroatoms. The molecular formula is C8H7N3O2S. The minimum atomic E-state index is -0.911. The molecule has 0 aliphatic heterocycles. The van der Waals surface area contributed by atoms with Crippen molar-refractivity contribution >= 4 is 17.5 Å². The molecule has 0 aliphatic rings. The summed E-state index contributed by atoms with van der Waals surface area (Å²) in [5, 5.41) is 12.4. The Hall–Kier alpha value is -1.69. The summed E-state index contributed by atoms with van der Waals surface area (Å²) in [6.07, 6.45) is 4.98. The summed E-state index contributed by atoms with van der Waals surface area (Å²) in [7, 11) is 0. The number of hydrogen-bond acceptors (Lipinski definition) is 4. The zero-order chi connectivity index (χ0) is 9.97. The van der Waals surface area contributed by atoms with Gasteiger partial charge in [-0.05, 0) is 17.6 Å². The Bertz CT molecular complexity index is 435. The van der Waals surface area contributed by atoms with E-state index < -0.39 is 5.97 Å². The lowest BCUT2D eigenvalue weighted by molar-refractivity contribution is 0.0697. The molecule has 72 valence electrons. The normalized spacial score (nSPS) is 10.3. The summed E-state index contributed by atoms with van der Waals surface area (Å²) in [6, 6.07) is 1.57. The monoisotopic (exact) mass is 209 g/mol. The van der Waals surface area contributed by atoms with Crippen molar-refractivity contribution in [3.8, 4) is 0 Å². The first-order valence-corrected chi connectivity index (χ1v) is 4.68. The fourth-order valence-corrected chi connectivity index (χ4v) is 1.60. The van der Waals surface area contributed by atoms with Crippen molar-refractivity contribution in [2.45, 2.75) is 6.54 Å². The van der Waals surface area contributed by atoms with E-state index in [9.17, 15) is 4.79 Å². The van der Waals surface area contributed by atoms with Crippen LogP contribution in [0.1, 0.15) is 15.2 Å². The van der Waals surface area contributed by atoms with Crippen molar-refractivity contribution < 1.29 is 9.90 Å². The summed E-state index contributed by atoms with van der Waals surface area (Å²) >= 11 is 1.31. The minimum Gasteiger partial charge on any atom is -0.478 e. The maximum atomic E-state index is 10.6. The molecule has 0 atom stereocenters. The highest BCUT2D eigenvalue weighted by Crippen LogP contribution is 2.07. The van der Waals surface area contributed by atoms with Gasteiger partial charge in [0.05, 0.1) is 23.2 Å². The second-order valence-electron chi connectivity index (χ2n) is 2.76. The average molecular weight is 209 g/mol. The lowest BCUT2D eigenvalue weighted by Crippen LogP contribution is -1.96. The number of rotatable bonds is 3. The van der Waals surface area contributed by atoms with Crippen LogP contribution >= 0.6 is 11.5 Å². The van der Waals surface area contributed by atoms with Gasteiger partial charge in [0, 0.05) is 12.4 Å². The van der Waals surface area contributed by atoms with E-state index in [2.05, 4.69) is 9.59 Å². The van der Waals surface area contributed by atoms with E-state index in [0.29, 0.717) is 12.1 Å². The average Bonchev–Trinajstić information content (AvgIpc) is 2.75. The molecule has 2 heterocycles.